The van der Waals surface area contributed by atoms with Crippen molar-refractivity contribution in [2.24, 2.45) is 5.73 Å². The van der Waals surface area contributed by atoms with Crippen LogP contribution in [0.3, 0.4) is 0 Å². The smallest absolute Gasteiger partial charge is 0.215 e. The molecule has 102 valence electrons. The van der Waals surface area contributed by atoms with Crippen LogP contribution in [0.1, 0.15) is 26.7 Å². The largest absolute Gasteiger partial charge is 0.328 e. The molecule has 0 aliphatic carbocycles. The van der Waals surface area contributed by atoms with Gasteiger partial charge in [0.1, 0.15) is 0 Å². The summed E-state index contributed by atoms with van der Waals surface area (Å²) < 4.78 is 25.8. The average molecular weight is 263 g/mol. The van der Waals surface area contributed by atoms with Gasteiger partial charge in [0, 0.05) is 25.7 Å². The molecule has 0 aromatic carbocycles. The lowest BCUT2D eigenvalue weighted by molar-refractivity contribution is 0.303. The van der Waals surface area contributed by atoms with Gasteiger partial charge in [-0.05, 0) is 25.9 Å². The third kappa shape index (κ3) is 4.54. The molecule has 0 aromatic heterocycles. The molecule has 1 heterocycles. The van der Waals surface area contributed by atoms with Crippen molar-refractivity contribution in [1.29, 1.82) is 0 Å². The van der Waals surface area contributed by atoms with Crippen LogP contribution < -0.4 is 5.73 Å². The number of sulfonamides is 1. The molecule has 1 rings (SSSR count). The topological polar surface area (TPSA) is 66.6 Å². The lowest BCUT2D eigenvalue weighted by Crippen LogP contribution is -2.45. The van der Waals surface area contributed by atoms with Gasteiger partial charge in [0.25, 0.3) is 0 Å². The van der Waals surface area contributed by atoms with Gasteiger partial charge in [-0.3, -0.25) is 0 Å². The van der Waals surface area contributed by atoms with E-state index in [-0.39, 0.29) is 11.8 Å². The van der Waals surface area contributed by atoms with Crippen molar-refractivity contribution >= 4 is 10.0 Å². The van der Waals surface area contributed by atoms with E-state index in [4.69, 9.17) is 5.73 Å². The first-order valence-electron chi connectivity index (χ1n) is 6.45. The van der Waals surface area contributed by atoms with Crippen molar-refractivity contribution < 1.29 is 8.42 Å². The van der Waals surface area contributed by atoms with Crippen LogP contribution in [0.5, 0.6) is 0 Å². The van der Waals surface area contributed by atoms with E-state index in [1.54, 1.807) is 4.31 Å². The van der Waals surface area contributed by atoms with E-state index in [0.717, 1.165) is 25.9 Å². The molecule has 1 aliphatic heterocycles. The second-order valence-corrected chi connectivity index (χ2v) is 6.67. The van der Waals surface area contributed by atoms with Gasteiger partial charge in [0.2, 0.25) is 10.0 Å². The highest BCUT2D eigenvalue weighted by Gasteiger charge is 2.26. The Morgan fingerprint density at radius 3 is 2.24 bits per heavy atom. The standard InChI is InChI=1S/C11H25N3O2S/c1-3-13(4-2)9-10-17(15,16)14-7-5-11(12)6-8-14/h11H,3-10,12H2,1-2H3. The van der Waals surface area contributed by atoms with Gasteiger partial charge >= 0.3 is 0 Å². The van der Waals surface area contributed by atoms with Gasteiger partial charge in [-0.2, -0.15) is 0 Å². The molecule has 0 unspecified atom stereocenters. The van der Waals surface area contributed by atoms with Crippen molar-refractivity contribution in [3.8, 4) is 0 Å². The summed E-state index contributed by atoms with van der Waals surface area (Å²) >= 11 is 0. The molecule has 17 heavy (non-hydrogen) atoms. The van der Waals surface area contributed by atoms with Gasteiger partial charge in [-0.15, -0.1) is 0 Å². The second kappa shape index (κ2) is 6.68. The highest BCUT2D eigenvalue weighted by molar-refractivity contribution is 7.89. The Bertz CT molecular complexity index is 307. The zero-order chi connectivity index (χ0) is 12.9. The van der Waals surface area contributed by atoms with Crippen LogP contribution in [0.4, 0.5) is 0 Å². The predicted octanol–water partition coefficient (Wildman–Crippen LogP) is 0.0811. The SMILES string of the molecule is CCN(CC)CCS(=O)(=O)N1CCC(N)CC1. The Morgan fingerprint density at radius 2 is 1.76 bits per heavy atom. The van der Waals surface area contributed by atoms with Gasteiger partial charge in [0.05, 0.1) is 5.75 Å². The zero-order valence-electron chi connectivity index (χ0n) is 10.9. The molecule has 0 aromatic rings. The summed E-state index contributed by atoms with van der Waals surface area (Å²) in [6.45, 7) is 7.70. The lowest BCUT2D eigenvalue weighted by atomic mass is 10.1. The van der Waals surface area contributed by atoms with Crippen LogP contribution in [0.25, 0.3) is 0 Å². The van der Waals surface area contributed by atoms with Crippen molar-refractivity contribution in [1.82, 2.24) is 9.21 Å². The minimum atomic E-state index is -3.09. The van der Waals surface area contributed by atoms with Crippen molar-refractivity contribution in [2.45, 2.75) is 32.7 Å². The summed E-state index contributed by atoms with van der Waals surface area (Å²) in [5, 5.41) is 0. The highest BCUT2D eigenvalue weighted by Crippen LogP contribution is 2.13. The van der Waals surface area contributed by atoms with E-state index in [1.807, 2.05) is 0 Å². The first kappa shape index (κ1) is 14.9. The first-order chi connectivity index (χ1) is 7.99. The van der Waals surface area contributed by atoms with E-state index in [1.165, 1.54) is 0 Å². The lowest BCUT2D eigenvalue weighted by Gasteiger charge is -2.30. The molecule has 1 saturated heterocycles. The summed E-state index contributed by atoms with van der Waals surface area (Å²) in [6.07, 6.45) is 1.56. The van der Waals surface area contributed by atoms with Crippen LogP contribution in [0.2, 0.25) is 0 Å². The molecule has 0 atom stereocenters. The van der Waals surface area contributed by atoms with E-state index in [0.29, 0.717) is 19.6 Å². The number of rotatable bonds is 6. The third-order valence-electron chi connectivity index (χ3n) is 3.45. The predicted molar refractivity (Wildman–Crippen MR) is 70.4 cm³/mol. The average Bonchev–Trinajstić information content (AvgIpc) is 2.31. The molecule has 5 nitrogen and oxygen atoms in total. The third-order valence-corrected chi connectivity index (χ3v) is 5.30. The van der Waals surface area contributed by atoms with E-state index in [2.05, 4.69) is 18.7 Å². The molecule has 0 bridgehead atoms. The van der Waals surface area contributed by atoms with Crippen molar-refractivity contribution in [2.75, 3.05) is 38.5 Å². The Morgan fingerprint density at radius 1 is 1.24 bits per heavy atom. The van der Waals surface area contributed by atoms with Gasteiger partial charge < -0.3 is 10.6 Å². The van der Waals surface area contributed by atoms with Crippen LogP contribution in [0.15, 0.2) is 0 Å². The maximum absolute atomic E-state index is 12.1. The maximum Gasteiger partial charge on any atom is 0.215 e. The quantitative estimate of drug-likeness (QED) is 0.737. The Labute approximate surface area is 105 Å². The minimum Gasteiger partial charge on any atom is -0.328 e. The fourth-order valence-corrected chi connectivity index (χ4v) is 3.58. The normalized spacial score (nSPS) is 20.0. The number of nitrogens with two attached hydrogens (primary N) is 1. The van der Waals surface area contributed by atoms with Crippen molar-refractivity contribution in [3.05, 3.63) is 0 Å². The number of hydrogen-bond acceptors (Lipinski definition) is 4. The number of nitrogens with zero attached hydrogens (tertiary/aromatic N) is 2. The number of hydrogen-bond donors (Lipinski definition) is 1. The Balaban J connectivity index is 2.45. The second-order valence-electron chi connectivity index (χ2n) is 4.58. The van der Waals surface area contributed by atoms with Crippen LogP contribution in [-0.2, 0) is 10.0 Å². The minimum absolute atomic E-state index is 0.171. The van der Waals surface area contributed by atoms with E-state index in [9.17, 15) is 8.42 Å². The van der Waals surface area contributed by atoms with E-state index < -0.39 is 10.0 Å². The molecule has 0 spiro atoms. The van der Waals surface area contributed by atoms with Gasteiger partial charge in [-0.1, -0.05) is 13.8 Å². The highest BCUT2D eigenvalue weighted by atomic mass is 32.2. The van der Waals surface area contributed by atoms with Crippen LogP contribution in [0, 0.1) is 0 Å². The molecule has 0 amide bonds. The van der Waals surface area contributed by atoms with E-state index >= 15 is 0 Å². The number of piperidine rings is 1. The first-order valence-corrected chi connectivity index (χ1v) is 8.06. The van der Waals surface area contributed by atoms with Gasteiger partial charge in [-0.25, -0.2) is 12.7 Å². The molecule has 0 saturated carbocycles. The summed E-state index contributed by atoms with van der Waals surface area (Å²) in [5.74, 6) is 0.226. The summed E-state index contributed by atoms with van der Waals surface area (Å²) in [4.78, 5) is 2.13. The molecule has 1 aliphatic rings. The molecule has 1 fully saturated rings. The summed E-state index contributed by atoms with van der Waals surface area (Å²) in [7, 11) is -3.09. The Hall–Kier alpha value is -0.170. The van der Waals surface area contributed by atoms with Gasteiger partial charge in [0.15, 0.2) is 0 Å². The summed E-state index contributed by atoms with van der Waals surface area (Å²) in [6, 6.07) is 0.171. The monoisotopic (exact) mass is 263 g/mol. The molecule has 0 radical (unpaired) electrons. The fraction of sp³-hybridized carbons (Fsp3) is 1.00. The molecular weight excluding hydrogens is 238 g/mol. The molecular formula is C11H25N3O2S. The molecule has 6 heteroatoms. The summed E-state index contributed by atoms with van der Waals surface area (Å²) in [5.41, 5.74) is 5.78. The van der Waals surface area contributed by atoms with Crippen molar-refractivity contribution in [3.63, 3.8) is 0 Å². The fourth-order valence-electron chi connectivity index (χ4n) is 2.07. The zero-order valence-corrected chi connectivity index (χ0v) is 11.7. The van der Waals surface area contributed by atoms with Crippen LogP contribution in [-0.4, -0.2) is 62.1 Å². The van der Waals surface area contributed by atoms with Crippen LogP contribution >= 0.6 is 0 Å². The molecule has 2 N–H and O–H groups in total. The maximum atomic E-state index is 12.1. The Kier molecular flexibility index (Phi) is 5.85.